The molecule has 3 rings (SSSR count). The lowest BCUT2D eigenvalue weighted by molar-refractivity contribution is -0.116. The molecule has 0 saturated heterocycles. The van der Waals surface area contributed by atoms with Gasteiger partial charge in [0, 0.05) is 12.2 Å². The maximum absolute atomic E-state index is 13.2. The van der Waals surface area contributed by atoms with Crippen molar-refractivity contribution in [3.63, 3.8) is 0 Å². The fourth-order valence-electron chi connectivity index (χ4n) is 2.74. The van der Waals surface area contributed by atoms with E-state index in [1.165, 1.54) is 24.3 Å². The number of carbonyl (C=O) groups is 1. The van der Waals surface area contributed by atoms with Crippen LogP contribution in [0.1, 0.15) is 5.56 Å². The minimum Gasteiger partial charge on any atom is -0.325 e. The lowest BCUT2D eigenvalue weighted by Gasteiger charge is -2.22. The number of halogens is 4. The van der Waals surface area contributed by atoms with E-state index < -0.39 is 22.5 Å². The van der Waals surface area contributed by atoms with Gasteiger partial charge in [-0.15, -0.1) is 0 Å². The average Bonchev–Trinajstić information content (AvgIpc) is 2.73. The van der Waals surface area contributed by atoms with Crippen molar-refractivity contribution < 1.29 is 13.2 Å². The summed E-state index contributed by atoms with van der Waals surface area (Å²) in [4.78, 5) is 12.7. The zero-order valence-electron chi connectivity index (χ0n) is 15.9. The van der Waals surface area contributed by atoms with Gasteiger partial charge < -0.3 is 5.32 Å². The molecule has 0 aliphatic heterocycles. The number of nitrogens with zero attached hydrogens (tertiary/aromatic N) is 1. The van der Waals surface area contributed by atoms with Gasteiger partial charge in [0.15, 0.2) is 0 Å². The Hall–Kier alpha value is -1.80. The molecule has 0 radical (unpaired) electrons. The van der Waals surface area contributed by atoms with Crippen molar-refractivity contribution in [2.45, 2.75) is 11.4 Å². The van der Waals surface area contributed by atoms with Gasteiger partial charge in [0.05, 0.1) is 31.5 Å². The van der Waals surface area contributed by atoms with Gasteiger partial charge in [-0.3, -0.25) is 4.79 Å². The van der Waals surface area contributed by atoms with Crippen LogP contribution in [0.5, 0.6) is 0 Å². The highest BCUT2D eigenvalue weighted by molar-refractivity contribution is 7.89. The Bertz CT molecular complexity index is 1200. The molecular weight excluding hydrogens is 502 g/mol. The first-order valence-electron chi connectivity index (χ1n) is 8.91. The Kier molecular flexibility index (Phi) is 7.86. The van der Waals surface area contributed by atoms with Crippen molar-refractivity contribution in [2.24, 2.45) is 0 Å². The van der Waals surface area contributed by atoms with Crippen molar-refractivity contribution in [3.8, 4) is 0 Å². The predicted octanol–water partition coefficient (Wildman–Crippen LogP) is 6.13. The minimum atomic E-state index is -3.98. The number of hydrogen-bond donors (Lipinski definition) is 1. The van der Waals surface area contributed by atoms with Gasteiger partial charge in [0.2, 0.25) is 15.9 Å². The molecule has 0 heterocycles. The Morgan fingerprint density at radius 2 is 1.42 bits per heavy atom. The molecule has 3 aromatic rings. The Morgan fingerprint density at radius 1 is 0.806 bits per heavy atom. The summed E-state index contributed by atoms with van der Waals surface area (Å²) >= 11 is 23.9. The SMILES string of the molecule is O=C(CN(Cc1ccc(Cl)c(Cl)c1)S(=O)(=O)c1ccccc1)Nc1ccc(Cl)c(Cl)c1. The number of amides is 1. The van der Waals surface area contributed by atoms with E-state index in [4.69, 9.17) is 46.4 Å². The summed E-state index contributed by atoms with van der Waals surface area (Å²) in [6, 6.07) is 17.2. The van der Waals surface area contributed by atoms with E-state index in [1.54, 1.807) is 42.5 Å². The van der Waals surface area contributed by atoms with Crippen LogP contribution >= 0.6 is 46.4 Å². The molecule has 162 valence electrons. The van der Waals surface area contributed by atoms with Gasteiger partial charge in [0.25, 0.3) is 0 Å². The number of nitrogens with one attached hydrogen (secondary N) is 1. The third kappa shape index (κ3) is 6.13. The molecule has 0 aliphatic rings. The Labute approximate surface area is 200 Å². The van der Waals surface area contributed by atoms with Gasteiger partial charge in [0.1, 0.15) is 0 Å². The molecule has 0 fully saturated rings. The first-order chi connectivity index (χ1) is 14.7. The largest absolute Gasteiger partial charge is 0.325 e. The van der Waals surface area contributed by atoms with E-state index in [1.807, 2.05) is 0 Å². The number of carbonyl (C=O) groups excluding carboxylic acids is 1. The van der Waals surface area contributed by atoms with Crippen molar-refractivity contribution in [3.05, 3.63) is 92.4 Å². The molecule has 1 amide bonds. The van der Waals surface area contributed by atoms with Crippen LogP contribution in [0.25, 0.3) is 0 Å². The van der Waals surface area contributed by atoms with Crippen molar-refractivity contribution in [1.29, 1.82) is 0 Å². The lowest BCUT2D eigenvalue weighted by Crippen LogP contribution is -2.37. The normalized spacial score (nSPS) is 11.5. The summed E-state index contributed by atoms with van der Waals surface area (Å²) < 4.78 is 27.5. The summed E-state index contributed by atoms with van der Waals surface area (Å²) in [5.74, 6) is -0.544. The number of rotatable bonds is 7. The van der Waals surface area contributed by atoms with E-state index in [9.17, 15) is 13.2 Å². The monoisotopic (exact) mass is 516 g/mol. The second-order valence-corrected chi connectivity index (χ2v) is 10.1. The Morgan fingerprint density at radius 3 is 2.03 bits per heavy atom. The number of sulfonamides is 1. The van der Waals surface area contributed by atoms with E-state index in [0.717, 1.165) is 4.31 Å². The van der Waals surface area contributed by atoms with Gasteiger partial charge >= 0.3 is 0 Å². The molecule has 0 aromatic heterocycles. The van der Waals surface area contributed by atoms with Crippen LogP contribution in [0.4, 0.5) is 5.69 Å². The second-order valence-electron chi connectivity index (χ2n) is 6.51. The molecule has 0 aliphatic carbocycles. The van der Waals surface area contributed by atoms with E-state index >= 15 is 0 Å². The fraction of sp³-hybridized carbons (Fsp3) is 0.0952. The van der Waals surface area contributed by atoms with Crippen molar-refractivity contribution >= 4 is 68.0 Å². The molecule has 10 heteroatoms. The third-order valence-corrected chi connectivity index (χ3v) is 7.53. The summed E-state index contributed by atoms with van der Waals surface area (Å²) in [7, 11) is -3.98. The van der Waals surface area contributed by atoms with Gasteiger partial charge in [-0.2, -0.15) is 4.31 Å². The van der Waals surface area contributed by atoms with E-state index in [2.05, 4.69) is 5.32 Å². The number of benzene rings is 3. The van der Waals surface area contributed by atoms with Gasteiger partial charge in [-0.1, -0.05) is 70.7 Å². The summed E-state index contributed by atoms with van der Waals surface area (Å²) in [5.41, 5.74) is 0.974. The lowest BCUT2D eigenvalue weighted by atomic mass is 10.2. The minimum absolute atomic E-state index is 0.0670. The molecule has 0 unspecified atom stereocenters. The average molecular weight is 518 g/mol. The van der Waals surface area contributed by atoms with Crippen LogP contribution in [-0.2, 0) is 21.4 Å². The fourth-order valence-corrected chi connectivity index (χ4v) is 4.77. The smallest absolute Gasteiger partial charge is 0.243 e. The highest BCUT2D eigenvalue weighted by atomic mass is 35.5. The van der Waals surface area contributed by atoms with Crippen molar-refractivity contribution in [1.82, 2.24) is 4.31 Å². The van der Waals surface area contributed by atoms with E-state index in [0.29, 0.717) is 21.3 Å². The Balaban J connectivity index is 1.88. The zero-order valence-corrected chi connectivity index (χ0v) is 19.7. The highest BCUT2D eigenvalue weighted by Gasteiger charge is 2.27. The standard InChI is InChI=1S/C21H16Cl4N2O3S/c22-17-8-6-14(10-19(17)24)12-27(31(29,30)16-4-2-1-3-5-16)13-21(28)26-15-7-9-18(23)20(25)11-15/h1-11H,12-13H2,(H,26,28). The third-order valence-electron chi connectivity index (χ3n) is 4.25. The van der Waals surface area contributed by atoms with Crippen LogP contribution in [0.2, 0.25) is 20.1 Å². The first-order valence-corrected chi connectivity index (χ1v) is 11.9. The highest BCUT2D eigenvalue weighted by Crippen LogP contribution is 2.26. The summed E-state index contributed by atoms with van der Waals surface area (Å²) in [6.45, 7) is -0.513. The van der Waals surface area contributed by atoms with Crippen molar-refractivity contribution in [2.75, 3.05) is 11.9 Å². The van der Waals surface area contributed by atoms with Crippen LogP contribution in [0.15, 0.2) is 71.6 Å². The zero-order chi connectivity index (χ0) is 22.6. The first kappa shape index (κ1) is 23.9. The molecule has 31 heavy (non-hydrogen) atoms. The molecule has 0 spiro atoms. The maximum atomic E-state index is 13.2. The number of anilines is 1. The topological polar surface area (TPSA) is 66.5 Å². The number of hydrogen-bond acceptors (Lipinski definition) is 3. The van der Waals surface area contributed by atoms with Crippen LogP contribution in [0, 0.1) is 0 Å². The summed E-state index contributed by atoms with van der Waals surface area (Å²) in [5, 5.41) is 3.88. The predicted molar refractivity (Wildman–Crippen MR) is 126 cm³/mol. The van der Waals surface area contributed by atoms with Crippen LogP contribution in [0.3, 0.4) is 0 Å². The molecule has 1 N–H and O–H groups in total. The van der Waals surface area contributed by atoms with Gasteiger partial charge in [-0.05, 0) is 48.0 Å². The molecule has 0 bridgehead atoms. The molecule has 0 atom stereocenters. The van der Waals surface area contributed by atoms with E-state index in [-0.39, 0.29) is 21.5 Å². The van der Waals surface area contributed by atoms with Crippen LogP contribution < -0.4 is 5.32 Å². The molecular formula is C21H16Cl4N2O3S. The summed E-state index contributed by atoms with van der Waals surface area (Å²) in [6.07, 6.45) is 0. The molecule has 0 saturated carbocycles. The maximum Gasteiger partial charge on any atom is 0.243 e. The second kappa shape index (κ2) is 10.2. The molecule has 3 aromatic carbocycles. The quantitative estimate of drug-likeness (QED) is 0.410. The molecule has 5 nitrogen and oxygen atoms in total. The van der Waals surface area contributed by atoms with Gasteiger partial charge in [-0.25, -0.2) is 8.42 Å². The van der Waals surface area contributed by atoms with Crippen LogP contribution in [-0.4, -0.2) is 25.2 Å².